The summed E-state index contributed by atoms with van der Waals surface area (Å²) in [5.74, 6) is 0. The number of hydrogen-bond donors (Lipinski definition) is 1. The standard InChI is InChI=1S/C20H24F3N3O2/c21-20(22,23)17-4-7-19(27)26(15-17)14-16-2-5-18(6-3-16)24-8-1-9-25-10-12-28-13-11-25/h2-7,15,24H,1,8-14H2. The minimum atomic E-state index is -4.47. The van der Waals surface area contributed by atoms with Crippen LogP contribution in [0.5, 0.6) is 0 Å². The van der Waals surface area contributed by atoms with Crippen LogP contribution in [0.25, 0.3) is 0 Å². The van der Waals surface area contributed by atoms with Crippen molar-refractivity contribution in [2.45, 2.75) is 19.1 Å². The van der Waals surface area contributed by atoms with Gasteiger partial charge in [-0.05, 0) is 36.7 Å². The SMILES string of the molecule is O=c1ccc(C(F)(F)F)cn1Cc1ccc(NCCCN2CCOCC2)cc1. The lowest BCUT2D eigenvalue weighted by Crippen LogP contribution is -2.37. The highest BCUT2D eigenvalue weighted by molar-refractivity contribution is 5.44. The molecule has 28 heavy (non-hydrogen) atoms. The summed E-state index contributed by atoms with van der Waals surface area (Å²) in [6, 6.07) is 9.15. The highest BCUT2D eigenvalue weighted by Crippen LogP contribution is 2.28. The van der Waals surface area contributed by atoms with Gasteiger partial charge in [0.1, 0.15) is 0 Å². The first-order chi connectivity index (χ1) is 13.4. The molecule has 1 N–H and O–H groups in total. The van der Waals surface area contributed by atoms with E-state index in [0.717, 1.165) is 80.0 Å². The van der Waals surface area contributed by atoms with Crippen molar-refractivity contribution in [3.63, 3.8) is 0 Å². The van der Waals surface area contributed by atoms with Crippen LogP contribution in [0.4, 0.5) is 18.9 Å². The predicted molar refractivity (Wildman–Crippen MR) is 102 cm³/mol. The monoisotopic (exact) mass is 395 g/mol. The van der Waals surface area contributed by atoms with Gasteiger partial charge >= 0.3 is 6.18 Å². The molecule has 0 amide bonds. The summed E-state index contributed by atoms with van der Waals surface area (Å²) >= 11 is 0. The molecule has 152 valence electrons. The third-order valence-corrected chi connectivity index (χ3v) is 4.70. The Morgan fingerprint density at radius 3 is 2.43 bits per heavy atom. The molecule has 1 fully saturated rings. The summed E-state index contributed by atoms with van der Waals surface area (Å²) in [5, 5.41) is 3.34. The molecule has 2 heterocycles. The molecular weight excluding hydrogens is 371 g/mol. The lowest BCUT2D eigenvalue weighted by Gasteiger charge is -2.26. The average Bonchev–Trinajstić information content (AvgIpc) is 2.68. The van der Waals surface area contributed by atoms with Crippen LogP contribution in [-0.2, 0) is 17.5 Å². The van der Waals surface area contributed by atoms with Gasteiger partial charge in [0.05, 0.1) is 25.3 Å². The maximum Gasteiger partial charge on any atom is 0.417 e. The molecular formula is C20H24F3N3O2. The summed E-state index contributed by atoms with van der Waals surface area (Å²) in [6.45, 7) is 5.50. The number of alkyl halides is 3. The zero-order valence-corrected chi connectivity index (χ0v) is 15.5. The van der Waals surface area contributed by atoms with Gasteiger partial charge in [-0.2, -0.15) is 13.2 Å². The second-order valence-corrected chi connectivity index (χ2v) is 6.81. The number of nitrogens with one attached hydrogen (secondary N) is 1. The number of pyridine rings is 1. The third-order valence-electron chi connectivity index (χ3n) is 4.70. The molecule has 3 rings (SSSR count). The second-order valence-electron chi connectivity index (χ2n) is 6.81. The Morgan fingerprint density at radius 1 is 1.04 bits per heavy atom. The van der Waals surface area contributed by atoms with Crippen molar-refractivity contribution >= 4 is 5.69 Å². The van der Waals surface area contributed by atoms with Crippen LogP contribution in [0.1, 0.15) is 17.5 Å². The number of benzene rings is 1. The topological polar surface area (TPSA) is 46.5 Å². The lowest BCUT2D eigenvalue weighted by atomic mass is 10.2. The highest BCUT2D eigenvalue weighted by atomic mass is 19.4. The first-order valence-corrected chi connectivity index (χ1v) is 9.32. The van der Waals surface area contributed by atoms with E-state index in [9.17, 15) is 18.0 Å². The highest BCUT2D eigenvalue weighted by Gasteiger charge is 2.31. The Labute approximate surface area is 161 Å². The summed E-state index contributed by atoms with van der Waals surface area (Å²) < 4.78 is 44.9. The maximum absolute atomic E-state index is 12.8. The number of anilines is 1. The van der Waals surface area contributed by atoms with Crippen molar-refractivity contribution < 1.29 is 17.9 Å². The van der Waals surface area contributed by atoms with Gasteiger partial charge in [-0.15, -0.1) is 0 Å². The van der Waals surface area contributed by atoms with Gasteiger partial charge in [-0.3, -0.25) is 9.69 Å². The Bertz CT molecular complexity index is 813. The van der Waals surface area contributed by atoms with Crippen LogP contribution in [0.2, 0.25) is 0 Å². The predicted octanol–water partition coefficient (Wildman–Crippen LogP) is 3.05. The van der Waals surface area contributed by atoms with Crippen LogP contribution < -0.4 is 10.9 Å². The molecule has 1 saturated heterocycles. The molecule has 2 aromatic rings. The van der Waals surface area contributed by atoms with Gasteiger partial charge < -0.3 is 14.6 Å². The van der Waals surface area contributed by atoms with E-state index in [1.54, 1.807) is 0 Å². The van der Waals surface area contributed by atoms with Crippen molar-refractivity contribution in [3.8, 4) is 0 Å². The van der Waals surface area contributed by atoms with Crippen molar-refractivity contribution in [2.75, 3.05) is 44.7 Å². The molecule has 1 aromatic carbocycles. The Kier molecular flexibility index (Phi) is 6.74. The first-order valence-electron chi connectivity index (χ1n) is 9.32. The van der Waals surface area contributed by atoms with Gasteiger partial charge in [-0.1, -0.05) is 12.1 Å². The molecule has 0 spiro atoms. The average molecular weight is 395 g/mol. The molecule has 0 bridgehead atoms. The van der Waals surface area contributed by atoms with Gasteiger partial charge in [0.25, 0.3) is 5.56 Å². The molecule has 1 aromatic heterocycles. The molecule has 0 aliphatic carbocycles. The van der Waals surface area contributed by atoms with Gasteiger partial charge in [-0.25, -0.2) is 0 Å². The van der Waals surface area contributed by atoms with E-state index in [1.807, 2.05) is 24.3 Å². The lowest BCUT2D eigenvalue weighted by molar-refractivity contribution is -0.138. The zero-order chi connectivity index (χ0) is 20.0. The molecule has 5 nitrogen and oxygen atoms in total. The number of nitrogens with zero attached hydrogens (tertiary/aromatic N) is 2. The largest absolute Gasteiger partial charge is 0.417 e. The number of rotatable bonds is 7. The number of halogens is 3. The number of ether oxygens (including phenoxy) is 1. The van der Waals surface area contributed by atoms with Crippen molar-refractivity contribution in [3.05, 3.63) is 64.1 Å². The van der Waals surface area contributed by atoms with Crippen LogP contribution in [0, 0.1) is 0 Å². The Morgan fingerprint density at radius 2 is 1.75 bits per heavy atom. The van der Waals surface area contributed by atoms with Gasteiger partial charge in [0, 0.05) is 37.6 Å². The zero-order valence-electron chi connectivity index (χ0n) is 15.5. The van der Waals surface area contributed by atoms with E-state index in [1.165, 1.54) is 0 Å². The van der Waals surface area contributed by atoms with Crippen molar-refractivity contribution in [1.29, 1.82) is 0 Å². The molecule has 0 saturated carbocycles. The van der Waals surface area contributed by atoms with Crippen LogP contribution >= 0.6 is 0 Å². The number of hydrogen-bond acceptors (Lipinski definition) is 4. The molecule has 0 radical (unpaired) electrons. The minimum Gasteiger partial charge on any atom is -0.385 e. The summed E-state index contributed by atoms with van der Waals surface area (Å²) in [4.78, 5) is 14.2. The van der Waals surface area contributed by atoms with Crippen LogP contribution in [-0.4, -0.2) is 48.9 Å². The smallest absolute Gasteiger partial charge is 0.385 e. The van der Waals surface area contributed by atoms with Crippen molar-refractivity contribution in [2.24, 2.45) is 0 Å². The normalized spacial score (nSPS) is 15.5. The maximum atomic E-state index is 12.8. The second kappa shape index (κ2) is 9.25. The van der Waals surface area contributed by atoms with Crippen LogP contribution in [0.15, 0.2) is 47.4 Å². The molecule has 0 atom stereocenters. The van der Waals surface area contributed by atoms with Crippen molar-refractivity contribution in [1.82, 2.24) is 9.47 Å². The fourth-order valence-corrected chi connectivity index (χ4v) is 3.11. The quantitative estimate of drug-likeness (QED) is 0.732. The summed E-state index contributed by atoms with van der Waals surface area (Å²) in [7, 11) is 0. The molecule has 0 unspecified atom stereocenters. The van der Waals surface area contributed by atoms with Gasteiger partial charge in [0.15, 0.2) is 0 Å². The minimum absolute atomic E-state index is 0.0973. The van der Waals surface area contributed by atoms with E-state index in [-0.39, 0.29) is 6.54 Å². The van der Waals surface area contributed by atoms with E-state index in [0.29, 0.717) is 0 Å². The fraction of sp³-hybridized carbons (Fsp3) is 0.450. The van der Waals surface area contributed by atoms with E-state index in [2.05, 4.69) is 10.2 Å². The van der Waals surface area contributed by atoms with Crippen LogP contribution in [0.3, 0.4) is 0 Å². The fourth-order valence-electron chi connectivity index (χ4n) is 3.11. The van der Waals surface area contributed by atoms with E-state index in [4.69, 9.17) is 4.74 Å². The summed E-state index contributed by atoms with van der Waals surface area (Å²) in [5.41, 5.74) is 0.423. The summed E-state index contributed by atoms with van der Waals surface area (Å²) in [6.07, 6.45) is -2.59. The number of morpholine rings is 1. The van der Waals surface area contributed by atoms with E-state index < -0.39 is 17.3 Å². The Hall–Kier alpha value is -2.32. The van der Waals surface area contributed by atoms with Gasteiger partial charge in [0.2, 0.25) is 0 Å². The number of aromatic nitrogens is 1. The molecule has 1 aliphatic heterocycles. The Balaban J connectivity index is 1.51. The molecule has 8 heteroatoms. The van der Waals surface area contributed by atoms with E-state index >= 15 is 0 Å². The molecule has 1 aliphatic rings. The third kappa shape index (κ3) is 5.84. The first kappa shape index (κ1) is 20.4.